The Hall–Kier alpha value is -1.41. The number of nitrogens with zero attached hydrogens (tertiary/aromatic N) is 1. The van der Waals surface area contributed by atoms with Crippen LogP contribution in [-0.2, 0) is 0 Å². The molecule has 6 atom stereocenters. The molecule has 0 bridgehead atoms. The first-order valence-corrected chi connectivity index (χ1v) is 10.2. The third-order valence-corrected chi connectivity index (χ3v) is 8.40. The van der Waals surface area contributed by atoms with Crippen molar-refractivity contribution in [2.24, 2.45) is 28.6 Å². The summed E-state index contributed by atoms with van der Waals surface area (Å²) < 4.78 is 32.6. The molecule has 0 radical (unpaired) electrons. The van der Waals surface area contributed by atoms with Crippen LogP contribution in [0, 0.1) is 28.6 Å². The number of hydrogen-bond donors (Lipinski definition) is 1. The van der Waals surface area contributed by atoms with Crippen molar-refractivity contribution in [1.29, 1.82) is 0 Å². The van der Waals surface area contributed by atoms with E-state index in [4.69, 9.17) is 5.48 Å². The Morgan fingerprint density at radius 1 is 1.12 bits per heavy atom. The fourth-order valence-corrected chi connectivity index (χ4v) is 6.95. The van der Waals surface area contributed by atoms with Crippen LogP contribution in [0.2, 0.25) is 0 Å². The Kier molecular flexibility index (Phi) is 2.87. The first kappa shape index (κ1) is 12.9. The van der Waals surface area contributed by atoms with Crippen LogP contribution in [0.4, 0.5) is 0 Å². The van der Waals surface area contributed by atoms with E-state index >= 15 is 0 Å². The zero-order chi connectivity index (χ0) is 21.4. The maximum Gasteiger partial charge on any atom is 0.0846 e. The molecule has 0 amide bonds. The Balaban J connectivity index is 1.52. The van der Waals surface area contributed by atoms with Gasteiger partial charge < -0.3 is 5.11 Å². The van der Waals surface area contributed by atoms with Crippen LogP contribution in [0.15, 0.2) is 42.2 Å². The van der Waals surface area contributed by atoms with Crippen LogP contribution in [0.3, 0.4) is 0 Å². The molecule has 1 heterocycles. The normalized spacial score (nSPS) is 46.6. The van der Waals surface area contributed by atoms with Crippen molar-refractivity contribution in [1.82, 2.24) is 4.98 Å². The minimum absolute atomic E-state index is 0.0192. The molecule has 4 aliphatic carbocycles. The summed E-state index contributed by atoms with van der Waals surface area (Å²) in [6, 6.07) is -0.199. The molecule has 138 valence electrons. The van der Waals surface area contributed by atoms with E-state index < -0.39 is 0 Å². The van der Waals surface area contributed by atoms with Gasteiger partial charge in [0.05, 0.1) is 11.6 Å². The lowest BCUT2D eigenvalue weighted by atomic mass is 9.47. The average Bonchev–Trinajstić information content (AvgIpc) is 3.04. The first-order chi connectivity index (χ1) is 14.2. The van der Waals surface area contributed by atoms with Gasteiger partial charge in [-0.05, 0) is 90.7 Å². The topological polar surface area (TPSA) is 33.1 Å². The monoisotopic (exact) mass is 353 g/mol. The first-order valence-electron chi connectivity index (χ1n) is 12.2. The van der Waals surface area contributed by atoms with Crippen molar-refractivity contribution in [3.8, 4) is 0 Å². The molecule has 26 heavy (non-hydrogen) atoms. The third kappa shape index (κ3) is 2.24. The number of aliphatic hydroxyl groups is 1. The SMILES string of the molecule is [2H]c1nc([2H])c(C2=CC[C@H]3[C@@H]4CC=C5C[C@@H](O)CC[C@]5(C)[C@H]4CC[C@]23C)c([2H])c1[2H]. The molecule has 4 aliphatic rings. The quantitative estimate of drug-likeness (QED) is 0.686. The summed E-state index contributed by atoms with van der Waals surface area (Å²) in [6.07, 6.45) is 11.0. The van der Waals surface area contributed by atoms with Gasteiger partial charge in [-0.1, -0.05) is 37.6 Å². The number of pyridine rings is 1. The molecule has 5 rings (SSSR count). The van der Waals surface area contributed by atoms with Crippen LogP contribution >= 0.6 is 0 Å². The van der Waals surface area contributed by atoms with E-state index in [9.17, 15) is 5.11 Å². The molecule has 0 aromatic carbocycles. The van der Waals surface area contributed by atoms with Gasteiger partial charge in [0, 0.05) is 12.3 Å². The fourth-order valence-electron chi connectivity index (χ4n) is 6.95. The van der Waals surface area contributed by atoms with Crippen molar-refractivity contribution < 1.29 is 10.6 Å². The van der Waals surface area contributed by atoms with Gasteiger partial charge in [0.25, 0.3) is 0 Å². The Morgan fingerprint density at radius 2 is 1.96 bits per heavy atom. The number of allylic oxidation sites excluding steroid dienone is 3. The van der Waals surface area contributed by atoms with Gasteiger partial charge in [-0.15, -0.1) is 0 Å². The predicted octanol–water partition coefficient (Wildman–Crippen LogP) is 5.40. The van der Waals surface area contributed by atoms with Crippen LogP contribution in [0.5, 0.6) is 0 Å². The zero-order valence-electron chi connectivity index (χ0n) is 19.8. The molecule has 0 saturated heterocycles. The highest BCUT2D eigenvalue weighted by atomic mass is 16.3. The van der Waals surface area contributed by atoms with Crippen molar-refractivity contribution in [3.05, 3.63) is 47.7 Å². The highest BCUT2D eigenvalue weighted by Gasteiger charge is 2.56. The highest BCUT2D eigenvalue weighted by molar-refractivity contribution is 5.72. The zero-order valence-corrected chi connectivity index (χ0v) is 15.8. The van der Waals surface area contributed by atoms with Crippen LogP contribution in [0.1, 0.15) is 69.8 Å². The van der Waals surface area contributed by atoms with E-state index in [1.54, 1.807) is 0 Å². The van der Waals surface area contributed by atoms with Gasteiger partial charge >= 0.3 is 0 Å². The molecular weight excluding hydrogens is 318 g/mol. The van der Waals surface area contributed by atoms with E-state index in [2.05, 4.69) is 31.0 Å². The molecule has 2 fully saturated rings. The van der Waals surface area contributed by atoms with E-state index in [-0.39, 0.29) is 41.4 Å². The Labute approximate surface area is 163 Å². The molecular formula is C24H31NO. The van der Waals surface area contributed by atoms with E-state index in [1.807, 2.05) is 0 Å². The minimum atomic E-state index is -0.282. The Bertz CT molecular complexity index is 972. The number of rotatable bonds is 1. The summed E-state index contributed by atoms with van der Waals surface area (Å²) in [4.78, 5) is 3.95. The second kappa shape index (κ2) is 5.79. The van der Waals surface area contributed by atoms with Gasteiger partial charge in [0.2, 0.25) is 0 Å². The van der Waals surface area contributed by atoms with Gasteiger partial charge in [-0.3, -0.25) is 4.98 Å². The number of aliphatic hydroxyl groups excluding tert-OH is 1. The molecule has 2 heteroatoms. The van der Waals surface area contributed by atoms with Crippen molar-refractivity contribution >= 4 is 5.57 Å². The highest BCUT2D eigenvalue weighted by Crippen LogP contribution is 2.66. The van der Waals surface area contributed by atoms with E-state index in [1.165, 1.54) is 5.57 Å². The van der Waals surface area contributed by atoms with Gasteiger partial charge in [0.15, 0.2) is 0 Å². The summed E-state index contributed by atoms with van der Waals surface area (Å²) in [5, 5.41) is 10.2. The lowest BCUT2D eigenvalue weighted by Gasteiger charge is -2.57. The third-order valence-electron chi connectivity index (χ3n) is 8.40. The van der Waals surface area contributed by atoms with Crippen LogP contribution in [0.25, 0.3) is 5.57 Å². The summed E-state index contributed by atoms with van der Waals surface area (Å²) >= 11 is 0. The van der Waals surface area contributed by atoms with Crippen molar-refractivity contribution in [3.63, 3.8) is 0 Å². The molecule has 0 unspecified atom stereocenters. The molecule has 1 aromatic heterocycles. The van der Waals surface area contributed by atoms with Gasteiger partial charge in [-0.25, -0.2) is 0 Å². The van der Waals surface area contributed by atoms with Crippen LogP contribution < -0.4 is 0 Å². The molecule has 2 saturated carbocycles. The predicted molar refractivity (Wildman–Crippen MR) is 105 cm³/mol. The summed E-state index contributed by atoms with van der Waals surface area (Å²) in [5.74, 6) is 1.67. The maximum atomic E-state index is 10.2. The summed E-state index contributed by atoms with van der Waals surface area (Å²) in [7, 11) is 0. The lowest BCUT2D eigenvalue weighted by molar-refractivity contribution is -0.0238. The number of fused-ring (bicyclic) bond motifs is 5. The number of aromatic nitrogens is 1. The molecule has 0 spiro atoms. The average molecular weight is 354 g/mol. The smallest absolute Gasteiger partial charge is 0.0846 e. The van der Waals surface area contributed by atoms with Crippen molar-refractivity contribution in [2.75, 3.05) is 0 Å². The molecule has 1 aromatic rings. The summed E-state index contributed by atoms with van der Waals surface area (Å²) in [6.45, 7) is 4.70. The number of hydrogen-bond acceptors (Lipinski definition) is 2. The Morgan fingerprint density at radius 3 is 2.85 bits per heavy atom. The van der Waals surface area contributed by atoms with E-state index in [0.29, 0.717) is 23.3 Å². The second-order valence-electron chi connectivity index (χ2n) is 9.43. The minimum Gasteiger partial charge on any atom is -0.393 e. The van der Waals surface area contributed by atoms with Gasteiger partial charge in [-0.2, -0.15) is 0 Å². The molecule has 0 aliphatic heterocycles. The maximum absolute atomic E-state index is 10.2. The van der Waals surface area contributed by atoms with Crippen molar-refractivity contribution in [2.45, 2.75) is 64.9 Å². The largest absolute Gasteiger partial charge is 0.393 e. The second-order valence-corrected chi connectivity index (χ2v) is 9.43. The fraction of sp³-hybridized carbons (Fsp3) is 0.625. The van der Waals surface area contributed by atoms with E-state index in [0.717, 1.165) is 50.5 Å². The lowest BCUT2D eigenvalue weighted by Crippen LogP contribution is -2.49. The van der Waals surface area contributed by atoms with Crippen LogP contribution in [-0.4, -0.2) is 16.2 Å². The summed E-state index contributed by atoms with van der Waals surface area (Å²) in [5.41, 5.74) is 3.03. The molecule has 1 N–H and O–H groups in total. The molecule has 2 nitrogen and oxygen atoms in total. The standard InChI is InChI=1S/C24H31NO/c1-23-11-9-18(26)14-17(23)5-6-19-21-8-7-20(16-4-3-13-25-15-16)24(21,2)12-10-22(19)23/h3-5,7,13,15,18-19,21-22,26H,6,8-12,14H2,1-2H3/t18-,19-,21-,22-,23-,24+/m0/s1/i3D,4D,13D,15D. The van der Waals surface area contributed by atoms with Gasteiger partial charge in [0.1, 0.15) is 0 Å².